The smallest absolute Gasteiger partial charge is 0.255 e. The lowest BCUT2D eigenvalue weighted by atomic mass is 9.88. The molecule has 4 aliphatic rings. The third-order valence-electron chi connectivity index (χ3n) is 12.6. The van der Waals surface area contributed by atoms with Crippen LogP contribution in [0.15, 0.2) is 91.4 Å². The molecule has 61 heavy (non-hydrogen) atoms. The number of nitrogens with two attached hydrogens (primary N) is 1. The number of benzene rings is 3. The topological polar surface area (TPSA) is 153 Å². The molecule has 14 heteroatoms. The average Bonchev–Trinajstić information content (AvgIpc) is 3.84. The monoisotopic (exact) mass is 825 g/mol. The zero-order chi connectivity index (χ0) is 41.7. The molecular formula is C47H55N9O5. The second-order valence-electron chi connectivity index (χ2n) is 16.6. The van der Waals surface area contributed by atoms with Crippen LogP contribution in [0.3, 0.4) is 0 Å². The van der Waals surface area contributed by atoms with Crippen LogP contribution in [-0.2, 0) is 20.8 Å². The highest BCUT2D eigenvalue weighted by Gasteiger charge is 2.38. The fraction of sp³-hybridized carbons (Fsp3) is 0.426. The van der Waals surface area contributed by atoms with Gasteiger partial charge < -0.3 is 35.1 Å². The largest absolute Gasteiger partial charge is 0.457 e. The molecular weight excluding hydrogens is 771 g/mol. The predicted octanol–water partition coefficient (Wildman–Crippen LogP) is 6.17. The number of hydrogen-bond donors (Lipinski definition) is 2. The molecule has 3 N–H and O–H groups in total. The summed E-state index contributed by atoms with van der Waals surface area (Å²) in [4.78, 5) is 41.4. The molecule has 2 atom stereocenters. The average molecular weight is 826 g/mol. The van der Waals surface area contributed by atoms with E-state index in [1.165, 1.54) is 11.9 Å². The van der Waals surface area contributed by atoms with Crippen LogP contribution in [-0.4, -0.2) is 118 Å². The molecule has 3 fully saturated rings. The number of nitrogens with one attached hydrogen (secondary N) is 1. The van der Waals surface area contributed by atoms with E-state index in [0.717, 1.165) is 116 Å². The van der Waals surface area contributed by atoms with Gasteiger partial charge in [-0.05, 0) is 118 Å². The Hall–Kier alpha value is -5.67. The number of nitrogen functional groups attached to an aromatic ring is 1. The molecule has 3 saturated heterocycles. The van der Waals surface area contributed by atoms with E-state index in [0.29, 0.717) is 57.5 Å². The predicted molar refractivity (Wildman–Crippen MR) is 233 cm³/mol. The molecule has 2 aromatic heterocycles. The summed E-state index contributed by atoms with van der Waals surface area (Å²) >= 11 is 0. The van der Waals surface area contributed by atoms with Crippen molar-refractivity contribution in [3.63, 3.8) is 0 Å². The summed E-state index contributed by atoms with van der Waals surface area (Å²) in [5, 5.41) is 8.70. The van der Waals surface area contributed by atoms with Gasteiger partial charge in [-0.2, -0.15) is 5.10 Å². The Morgan fingerprint density at radius 2 is 1.57 bits per heavy atom. The van der Waals surface area contributed by atoms with Gasteiger partial charge in [0.15, 0.2) is 5.65 Å². The van der Waals surface area contributed by atoms with Crippen molar-refractivity contribution >= 4 is 28.7 Å². The van der Waals surface area contributed by atoms with E-state index in [-0.39, 0.29) is 17.9 Å². The zero-order valence-electron chi connectivity index (χ0n) is 34.7. The number of allylic oxidation sites excluding steroid dienone is 1. The van der Waals surface area contributed by atoms with Gasteiger partial charge in [0.1, 0.15) is 35.4 Å². The summed E-state index contributed by atoms with van der Waals surface area (Å²) < 4.78 is 20.1. The fourth-order valence-corrected chi connectivity index (χ4v) is 9.32. The van der Waals surface area contributed by atoms with E-state index in [2.05, 4.69) is 43.8 Å². The summed E-state index contributed by atoms with van der Waals surface area (Å²) in [6.07, 6.45) is 7.04. The van der Waals surface area contributed by atoms with Crippen molar-refractivity contribution in [1.29, 1.82) is 0 Å². The van der Waals surface area contributed by atoms with Crippen LogP contribution >= 0.6 is 0 Å². The highest BCUT2D eigenvalue weighted by molar-refractivity contribution is 6.01. The van der Waals surface area contributed by atoms with Gasteiger partial charge in [0.05, 0.1) is 37.9 Å². The Morgan fingerprint density at radius 1 is 0.820 bits per heavy atom. The number of rotatable bonds is 15. The Morgan fingerprint density at radius 3 is 2.34 bits per heavy atom. The van der Waals surface area contributed by atoms with Crippen molar-refractivity contribution in [3.8, 4) is 22.8 Å². The Balaban J connectivity index is 0.684. The van der Waals surface area contributed by atoms with Gasteiger partial charge in [-0.3, -0.25) is 14.5 Å². The van der Waals surface area contributed by atoms with Crippen LogP contribution < -0.4 is 15.8 Å². The van der Waals surface area contributed by atoms with Gasteiger partial charge in [0.25, 0.3) is 5.91 Å². The second-order valence-corrected chi connectivity index (χ2v) is 16.6. The normalized spacial score (nSPS) is 20.3. The number of ether oxygens (including phenoxy) is 3. The van der Waals surface area contributed by atoms with E-state index >= 15 is 0 Å². The van der Waals surface area contributed by atoms with Crippen LogP contribution in [0.25, 0.3) is 22.3 Å². The third-order valence-corrected chi connectivity index (χ3v) is 12.6. The van der Waals surface area contributed by atoms with Crippen LogP contribution in [0, 0.1) is 0 Å². The van der Waals surface area contributed by atoms with Crippen molar-refractivity contribution < 1.29 is 23.8 Å². The molecule has 0 radical (unpaired) electrons. The molecule has 2 amide bonds. The Labute approximate surface area is 356 Å². The van der Waals surface area contributed by atoms with Crippen molar-refractivity contribution in [2.45, 2.75) is 63.1 Å². The van der Waals surface area contributed by atoms with E-state index in [4.69, 9.17) is 25.0 Å². The number of likely N-dealkylation sites (tertiary alicyclic amines) is 2. The first kappa shape index (κ1) is 40.7. The standard InChI is InChI=1S/C47H55N9O5/c1-32-9-16-41(46(57)51-32)55-29-36-28-35(12-15-40(36)47(55)58)33-17-20-53(21-18-33)22-24-59-26-27-60-25-23-54-19-5-6-37(30-54)56-45-42(44(48)49-31-50-45)43(52-56)34-10-13-39(14-11-34)61-38-7-3-2-4-8-38/h2-4,7-8,10-15,28,31,33,37,41H,1,5-6,9,16-27,29-30H2,(H,51,57)(H2,48,49,50). The Kier molecular flexibility index (Phi) is 12.4. The number of para-hydroxylation sites is 1. The highest BCUT2D eigenvalue weighted by atomic mass is 16.5. The van der Waals surface area contributed by atoms with Crippen LogP contribution in [0.5, 0.6) is 11.5 Å². The van der Waals surface area contributed by atoms with Gasteiger partial charge in [0, 0.05) is 43.0 Å². The minimum atomic E-state index is -0.430. The number of carbonyl (C=O) groups is 2. The minimum Gasteiger partial charge on any atom is -0.457 e. The second kappa shape index (κ2) is 18.5. The van der Waals surface area contributed by atoms with Gasteiger partial charge in [-0.25, -0.2) is 14.6 Å². The van der Waals surface area contributed by atoms with E-state index in [1.54, 1.807) is 4.90 Å². The van der Waals surface area contributed by atoms with E-state index in [1.807, 2.05) is 65.3 Å². The van der Waals surface area contributed by atoms with Gasteiger partial charge in [-0.15, -0.1) is 0 Å². The maximum atomic E-state index is 13.2. The van der Waals surface area contributed by atoms with Crippen molar-refractivity contribution in [3.05, 3.63) is 108 Å². The van der Waals surface area contributed by atoms with Crippen molar-refractivity contribution in [2.75, 3.05) is 71.4 Å². The number of fused-ring (bicyclic) bond motifs is 2. The maximum Gasteiger partial charge on any atom is 0.255 e. The molecule has 6 heterocycles. The molecule has 2 unspecified atom stereocenters. The number of nitrogens with zero attached hydrogens (tertiary/aromatic N) is 7. The highest BCUT2D eigenvalue weighted by Crippen LogP contribution is 2.36. The summed E-state index contributed by atoms with van der Waals surface area (Å²) in [6, 6.07) is 23.6. The fourth-order valence-electron chi connectivity index (χ4n) is 9.32. The molecule has 3 aromatic carbocycles. The lowest BCUT2D eigenvalue weighted by molar-refractivity contribution is -0.126. The molecule has 0 saturated carbocycles. The van der Waals surface area contributed by atoms with Crippen molar-refractivity contribution in [1.82, 2.24) is 39.8 Å². The molecule has 14 nitrogen and oxygen atoms in total. The summed E-state index contributed by atoms with van der Waals surface area (Å²) in [5.74, 6) is 2.24. The molecule has 0 aliphatic carbocycles. The molecule has 9 rings (SSSR count). The SMILES string of the molecule is C=C1CCC(N2Cc3cc(C4CCN(CCOCCOCCN5CCCC(n6nc(-c7ccc(Oc8ccccc8)cc7)c7c(N)ncnc76)C5)CC4)ccc3C2=O)C(=O)N1. The number of anilines is 1. The molecule has 0 bridgehead atoms. The zero-order valence-corrected chi connectivity index (χ0v) is 34.7. The lowest BCUT2D eigenvalue weighted by Gasteiger charge is -2.32. The van der Waals surface area contributed by atoms with Gasteiger partial charge in [-0.1, -0.05) is 36.9 Å². The molecule has 4 aliphatic heterocycles. The maximum absolute atomic E-state index is 13.2. The quantitative estimate of drug-likeness (QED) is 0.117. The number of piperidine rings is 3. The first-order valence-corrected chi connectivity index (χ1v) is 21.7. The van der Waals surface area contributed by atoms with Crippen LogP contribution in [0.1, 0.15) is 72.0 Å². The molecule has 0 spiro atoms. The van der Waals surface area contributed by atoms with E-state index in [9.17, 15) is 9.59 Å². The van der Waals surface area contributed by atoms with Crippen molar-refractivity contribution in [2.24, 2.45) is 0 Å². The van der Waals surface area contributed by atoms with Gasteiger partial charge >= 0.3 is 0 Å². The molecule has 5 aromatic rings. The molecule has 318 valence electrons. The number of aromatic nitrogens is 4. The Bertz CT molecular complexity index is 2340. The van der Waals surface area contributed by atoms with E-state index < -0.39 is 6.04 Å². The van der Waals surface area contributed by atoms with Gasteiger partial charge in [0.2, 0.25) is 5.91 Å². The summed E-state index contributed by atoms with van der Waals surface area (Å²) in [5.41, 5.74) is 12.7. The third kappa shape index (κ3) is 9.18. The minimum absolute atomic E-state index is 0.0447. The number of hydrogen-bond acceptors (Lipinski definition) is 11. The number of amides is 2. The van der Waals surface area contributed by atoms with Crippen LogP contribution in [0.2, 0.25) is 0 Å². The lowest BCUT2D eigenvalue weighted by Crippen LogP contribution is -2.49. The first-order chi connectivity index (χ1) is 29.9. The number of carbonyl (C=O) groups excluding carboxylic acids is 2. The summed E-state index contributed by atoms with van der Waals surface area (Å²) in [7, 11) is 0. The van der Waals surface area contributed by atoms with Crippen LogP contribution in [0.4, 0.5) is 5.82 Å². The first-order valence-electron chi connectivity index (χ1n) is 21.7. The summed E-state index contributed by atoms with van der Waals surface area (Å²) in [6.45, 7) is 12.5.